The molecule has 4 aromatic heterocycles. The molecule has 3 amide bonds. The van der Waals surface area contributed by atoms with Crippen molar-refractivity contribution in [1.29, 1.82) is 0 Å². The number of amides is 3. The van der Waals surface area contributed by atoms with Crippen molar-refractivity contribution < 1.29 is 23.9 Å². The van der Waals surface area contributed by atoms with E-state index in [9.17, 15) is 19.2 Å². The van der Waals surface area contributed by atoms with Crippen LogP contribution in [-0.2, 0) is 36.8 Å². The Balaban J connectivity index is 1.18. The minimum Gasteiger partial charge on any atom is -0.460 e. The molecule has 4 heterocycles. The van der Waals surface area contributed by atoms with E-state index in [2.05, 4.69) is 40.8 Å². The molecule has 13 heteroatoms. The molecule has 0 aromatic carbocycles. The van der Waals surface area contributed by atoms with Gasteiger partial charge in [0.2, 0.25) is 17.7 Å². The predicted octanol–water partition coefficient (Wildman–Crippen LogP) is 5.11. The fraction of sp³-hybridized carbons (Fsp3) is 0.442. The van der Waals surface area contributed by atoms with Gasteiger partial charge in [-0.2, -0.15) is 0 Å². The van der Waals surface area contributed by atoms with Gasteiger partial charge in [0.05, 0.1) is 22.8 Å². The quantitative estimate of drug-likeness (QED) is 0.0864. The molecule has 0 spiro atoms. The van der Waals surface area contributed by atoms with Gasteiger partial charge in [-0.15, -0.1) is 0 Å². The third kappa shape index (κ3) is 17.3. The summed E-state index contributed by atoms with van der Waals surface area (Å²) in [7, 11) is 0. The Morgan fingerprint density at radius 3 is 1.39 bits per heavy atom. The van der Waals surface area contributed by atoms with E-state index in [1.54, 1.807) is 24.8 Å². The standard InChI is InChI=1S/C43H56N8O5/c1-43(2,3)56-42(55)18-10-17-41(54)50-27-30-51(28-25-48-39(52)15-8-11-33-19-23-46-37(31-33)35-13-4-6-21-44-35)29-26-49-40(53)16-9-12-34-20-24-47-38(32-34)36-14-5-7-22-45-36/h4-7,13-14,19-24,31-32H,8-12,15-18,25-30H2,1-3H3,(H,48,52)(H,49,53)(H,50,54). The minimum atomic E-state index is -0.557. The Morgan fingerprint density at radius 1 is 0.554 bits per heavy atom. The van der Waals surface area contributed by atoms with Crippen LogP contribution in [0.4, 0.5) is 0 Å². The number of aromatic nitrogens is 4. The minimum absolute atomic E-state index is 0.0307. The molecule has 0 radical (unpaired) electrons. The lowest BCUT2D eigenvalue weighted by atomic mass is 10.1. The fourth-order valence-electron chi connectivity index (χ4n) is 5.92. The summed E-state index contributed by atoms with van der Waals surface area (Å²) in [5.41, 5.74) is 4.87. The van der Waals surface area contributed by atoms with Crippen molar-refractivity contribution in [2.45, 2.75) is 84.2 Å². The van der Waals surface area contributed by atoms with Crippen LogP contribution in [0.3, 0.4) is 0 Å². The second-order valence-electron chi connectivity index (χ2n) is 14.6. The van der Waals surface area contributed by atoms with Crippen molar-refractivity contribution in [1.82, 2.24) is 40.8 Å². The van der Waals surface area contributed by atoms with Crippen LogP contribution in [0, 0.1) is 0 Å². The van der Waals surface area contributed by atoms with Gasteiger partial charge in [-0.3, -0.25) is 44.0 Å². The van der Waals surface area contributed by atoms with Crippen LogP contribution in [0.2, 0.25) is 0 Å². The maximum atomic E-state index is 12.7. The molecule has 0 fully saturated rings. The van der Waals surface area contributed by atoms with Crippen LogP contribution >= 0.6 is 0 Å². The van der Waals surface area contributed by atoms with Crippen molar-refractivity contribution in [3.8, 4) is 22.8 Å². The van der Waals surface area contributed by atoms with E-state index in [1.807, 2.05) is 81.4 Å². The Hall–Kier alpha value is -5.56. The number of hydrogen-bond acceptors (Lipinski definition) is 10. The van der Waals surface area contributed by atoms with E-state index in [1.165, 1.54) is 0 Å². The number of aryl methyl sites for hydroxylation is 2. The molecule has 4 rings (SSSR count). The number of pyridine rings is 4. The van der Waals surface area contributed by atoms with Gasteiger partial charge in [-0.1, -0.05) is 12.1 Å². The second-order valence-corrected chi connectivity index (χ2v) is 14.6. The molecule has 0 aliphatic carbocycles. The lowest BCUT2D eigenvalue weighted by molar-refractivity contribution is -0.155. The first-order valence-electron chi connectivity index (χ1n) is 19.5. The number of esters is 1. The number of carbonyl (C=O) groups is 4. The third-order valence-electron chi connectivity index (χ3n) is 8.70. The van der Waals surface area contributed by atoms with E-state index in [0.717, 1.165) is 46.7 Å². The van der Waals surface area contributed by atoms with Crippen LogP contribution in [0.5, 0.6) is 0 Å². The summed E-state index contributed by atoms with van der Waals surface area (Å²) in [6, 6.07) is 19.4. The van der Waals surface area contributed by atoms with Crippen LogP contribution in [-0.4, -0.2) is 93.4 Å². The molecule has 0 atom stereocenters. The maximum absolute atomic E-state index is 12.7. The smallest absolute Gasteiger partial charge is 0.306 e. The molecule has 56 heavy (non-hydrogen) atoms. The highest BCUT2D eigenvalue weighted by molar-refractivity contribution is 5.77. The highest BCUT2D eigenvalue weighted by atomic mass is 16.6. The van der Waals surface area contributed by atoms with Crippen molar-refractivity contribution >= 4 is 23.7 Å². The molecule has 298 valence electrons. The zero-order chi connectivity index (χ0) is 40.0. The van der Waals surface area contributed by atoms with Gasteiger partial charge in [0.15, 0.2) is 0 Å². The van der Waals surface area contributed by atoms with Gasteiger partial charge >= 0.3 is 5.97 Å². The van der Waals surface area contributed by atoms with Gasteiger partial charge in [0, 0.05) is 89.7 Å². The SMILES string of the molecule is CC(C)(C)OC(=O)CCCC(=O)NCCN(CCNC(=O)CCCc1ccnc(-c2ccccn2)c1)CCNC(=O)CCCc1ccnc(-c2ccccn2)c1. The molecule has 13 nitrogen and oxygen atoms in total. The fourth-order valence-corrected chi connectivity index (χ4v) is 5.92. The number of hydrogen-bond donors (Lipinski definition) is 3. The number of nitrogens with one attached hydrogen (secondary N) is 3. The molecule has 0 aliphatic heterocycles. The zero-order valence-electron chi connectivity index (χ0n) is 33.0. The average molecular weight is 765 g/mol. The topological polar surface area (TPSA) is 168 Å². The number of ether oxygens (including phenoxy) is 1. The number of rotatable bonds is 23. The van der Waals surface area contributed by atoms with Gasteiger partial charge < -0.3 is 20.7 Å². The second kappa shape index (κ2) is 23.4. The first kappa shape index (κ1) is 43.2. The maximum Gasteiger partial charge on any atom is 0.306 e. The van der Waals surface area contributed by atoms with Crippen LogP contribution in [0.1, 0.15) is 76.8 Å². The van der Waals surface area contributed by atoms with Gasteiger partial charge in [-0.05, 0) is 113 Å². The van der Waals surface area contributed by atoms with Crippen LogP contribution < -0.4 is 16.0 Å². The van der Waals surface area contributed by atoms with Crippen molar-refractivity contribution in [3.05, 3.63) is 96.6 Å². The lowest BCUT2D eigenvalue weighted by Gasteiger charge is -2.23. The summed E-state index contributed by atoms with van der Waals surface area (Å²) in [5.74, 6) is -0.522. The first-order chi connectivity index (χ1) is 27.0. The van der Waals surface area contributed by atoms with E-state index >= 15 is 0 Å². The first-order valence-corrected chi connectivity index (χ1v) is 19.5. The molecule has 0 saturated carbocycles. The van der Waals surface area contributed by atoms with Crippen molar-refractivity contribution in [3.63, 3.8) is 0 Å². The summed E-state index contributed by atoms with van der Waals surface area (Å²) in [4.78, 5) is 69.6. The summed E-state index contributed by atoms with van der Waals surface area (Å²) in [5, 5.41) is 8.96. The Morgan fingerprint density at radius 2 is 0.982 bits per heavy atom. The molecule has 0 unspecified atom stereocenters. The average Bonchev–Trinajstić information content (AvgIpc) is 3.18. The van der Waals surface area contributed by atoms with E-state index in [-0.39, 0.29) is 36.5 Å². The molecule has 0 bridgehead atoms. The van der Waals surface area contributed by atoms with Crippen LogP contribution in [0.25, 0.3) is 22.8 Å². The molecule has 0 saturated heterocycles. The normalized spacial score (nSPS) is 11.2. The van der Waals surface area contributed by atoms with Crippen LogP contribution in [0.15, 0.2) is 85.5 Å². The Labute approximate surface area is 330 Å². The third-order valence-corrected chi connectivity index (χ3v) is 8.70. The summed E-state index contributed by atoms with van der Waals surface area (Å²) >= 11 is 0. The highest BCUT2D eigenvalue weighted by Gasteiger charge is 2.16. The molecule has 3 N–H and O–H groups in total. The van der Waals surface area contributed by atoms with Crippen molar-refractivity contribution in [2.75, 3.05) is 39.3 Å². The highest BCUT2D eigenvalue weighted by Crippen LogP contribution is 2.17. The molecular weight excluding hydrogens is 709 g/mol. The van der Waals surface area contributed by atoms with Gasteiger partial charge in [-0.25, -0.2) is 0 Å². The number of carbonyl (C=O) groups excluding carboxylic acids is 4. The molecule has 0 aliphatic rings. The van der Waals surface area contributed by atoms with E-state index < -0.39 is 5.60 Å². The predicted molar refractivity (Wildman–Crippen MR) is 216 cm³/mol. The Bertz CT molecular complexity index is 1710. The largest absolute Gasteiger partial charge is 0.460 e. The summed E-state index contributed by atoms with van der Waals surface area (Å²) < 4.78 is 5.32. The van der Waals surface area contributed by atoms with Gasteiger partial charge in [0.25, 0.3) is 0 Å². The molecular formula is C43H56N8O5. The summed E-state index contributed by atoms with van der Waals surface area (Å²) in [6.45, 7) is 8.33. The Kier molecular flexibility index (Phi) is 18.0. The van der Waals surface area contributed by atoms with E-state index in [0.29, 0.717) is 71.4 Å². The lowest BCUT2D eigenvalue weighted by Crippen LogP contribution is -2.43. The summed E-state index contributed by atoms with van der Waals surface area (Å²) in [6.07, 6.45) is 11.5. The monoisotopic (exact) mass is 764 g/mol. The zero-order valence-corrected chi connectivity index (χ0v) is 33.0. The van der Waals surface area contributed by atoms with E-state index in [4.69, 9.17) is 4.74 Å². The number of nitrogens with zero attached hydrogens (tertiary/aromatic N) is 5. The molecule has 4 aromatic rings. The van der Waals surface area contributed by atoms with Gasteiger partial charge in [0.1, 0.15) is 5.60 Å². The van der Waals surface area contributed by atoms with Crippen molar-refractivity contribution in [2.24, 2.45) is 0 Å².